The van der Waals surface area contributed by atoms with E-state index in [2.05, 4.69) is 20.8 Å². The van der Waals surface area contributed by atoms with Gasteiger partial charge in [0.15, 0.2) is 0 Å². The number of aromatic nitrogens is 4. The summed E-state index contributed by atoms with van der Waals surface area (Å²) in [5.41, 5.74) is 2.81. The van der Waals surface area contributed by atoms with E-state index in [1.54, 1.807) is 0 Å². The Labute approximate surface area is 152 Å². The summed E-state index contributed by atoms with van der Waals surface area (Å²) in [6, 6.07) is 8.65. The van der Waals surface area contributed by atoms with Crippen LogP contribution in [0.2, 0.25) is 0 Å². The second-order valence-corrected chi connectivity index (χ2v) is 6.55. The summed E-state index contributed by atoms with van der Waals surface area (Å²) < 4.78 is 28.3. The Balaban J connectivity index is 1.69. The molecule has 134 valence electrons. The maximum atomic E-state index is 13.6. The van der Waals surface area contributed by atoms with E-state index in [9.17, 15) is 13.6 Å². The lowest BCUT2D eigenvalue weighted by Crippen LogP contribution is -2.15. The Bertz CT molecular complexity index is 960. The number of anilines is 1. The van der Waals surface area contributed by atoms with Gasteiger partial charge >= 0.3 is 0 Å². The molecule has 0 aliphatic heterocycles. The first-order valence-corrected chi connectivity index (χ1v) is 8.66. The van der Waals surface area contributed by atoms with Gasteiger partial charge in [-0.1, -0.05) is 17.8 Å². The van der Waals surface area contributed by atoms with Gasteiger partial charge in [-0.05, 0) is 59.7 Å². The molecule has 3 rings (SSSR count). The van der Waals surface area contributed by atoms with Crippen molar-refractivity contribution in [3.8, 4) is 5.69 Å². The van der Waals surface area contributed by atoms with Crippen LogP contribution in [0.25, 0.3) is 5.69 Å². The van der Waals surface area contributed by atoms with Crippen LogP contribution >= 0.6 is 11.8 Å². The molecule has 6 nitrogen and oxygen atoms in total. The second-order valence-electron chi connectivity index (χ2n) is 5.60. The highest BCUT2D eigenvalue weighted by molar-refractivity contribution is 7.99. The van der Waals surface area contributed by atoms with Gasteiger partial charge in [0, 0.05) is 6.07 Å². The lowest BCUT2D eigenvalue weighted by molar-refractivity contribution is -0.113. The first kappa shape index (κ1) is 18.0. The molecule has 1 N–H and O–H groups in total. The highest BCUT2D eigenvalue weighted by Gasteiger charge is 2.13. The number of benzene rings is 2. The van der Waals surface area contributed by atoms with E-state index < -0.39 is 17.5 Å². The van der Waals surface area contributed by atoms with Crippen molar-refractivity contribution in [3.05, 3.63) is 59.2 Å². The SMILES string of the molecule is Cc1ccc(-n2nnnc2SCC(=O)Nc2cc(F)ccc2F)cc1C. The summed E-state index contributed by atoms with van der Waals surface area (Å²) in [6.45, 7) is 3.99. The molecule has 3 aromatic rings. The van der Waals surface area contributed by atoms with Crippen molar-refractivity contribution in [2.24, 2.45) is 0 Å². The zero-order chi connectivity index (χ0) is 18.7. The van der Waals surface area contributed by atoms with Crippen LogP contribution in [0.3, 0.4) is 0 Å². The number of thioether (sulfide) groups is 1. The fourth-order valence-corrected chi connectivity index (χ4v) is 2.89. The molecule has 1 amide bonds. The predicted octanol–water partition coefficient (Wildman–Crippen LogP) is 3.29. The quantitative estimate of drug-likeness (QED) is 0.693. The monoisotopic (exact) mass is 375 g/mol. The molecule has 0 fully saturated rings. The van der Waals surface area contributed by atoms with Gasteiger partial charge in [-0.25, -0.2) is 8.78 Å². The van der Waals surface area contributed by atoms with Gasteiger partial charge in [0.25, 0.3) is 0 Å². The normalized spacial score (nSPS) is 10.8. The zero-order valence-electron chi connectivity index (χ0n) is 14.0. The number of nitrogens with one attached hydrogen (secondary N) is 1. The zero-order valence-corrected chi connectivity index (χ0v) is 14.8. The summed E-state index contributed by atoms with van der Waals surface area (Å²) in [4.78, 5) is 12.0. The Morgan fingerprint density at radius 3 is 2.73 bits per heavy atom. The molecule has 9 heteroatoms. The molecule has 26 heavy (non-hydrogen) atoms. The number of halogens is 2. The largest absolute Gasteiger partial charge is 0.323 e. The smallest absolute Gasteiger partial charge is 0.234 e. The molecule has 1 heterocycles. The van der Waals surface area contributed by atoms with Gasteiger partial charge in [-0.15, -0.1) is 5.10 Å². The minimum Gasteiger partial charge on any atom is -0.323 e. The molecule has 0 unspecified atom stereocenters. The van der Waals surface area contributed by atoms with Crippen LogP contribution in [-0.4, -0.2) is 31.9 Å². The van der Waals surface area contributed by atoms with E-state index in [0.29, 0.717) is 5.16 Å². The summed E-state index contributed by atoms with van der Waals surface area (Å²) in [5.74, 6) is -1.88. The van der Waals surface area contributed by atoms with Crippen molar-refractivity contribution in [1.82, 2.24) is 20.2 Å². The summed E-state index contributed by atoms with van der Waals surface area (Å²) in [5, 5.41) is 14.2. The Kier molecular flexibility index (Phi) is 5.27. The maximum Gasteiger partial charge on any atom is 0.234 e. The summed E-state index contributed by atoms with van der Waals surface area (Å²) >= 11 is 1.09. The molecule has 0 spiro atoms. The van der Waals surface area contributed by atoms with E-state index in [-0.39, 0.29) is 11.4 Å². The van der Waals surface area contributed by atoms with Crippen LogP contribution in [0.5, 0.6) is 0 Å². The van der Waals surface area contributed by atoms with Crippen molar-refractivity contribution < 1.29 is 13.6 Å². The molecule has 0 saturated carbocycles. The van der Waals surface area contributed by atoms with Crippen LogP contribution < -0.4 is 5.32 Å². The molecule has 2 aromatic carbocycles. The molecule has 0 atom stereocenters. The predicted molar refractivity (Wildman–Crippen MR) is 94.3 cm³/mol. The van der Waals surface area contributed by atoms with Crippen LogP contribution in [0.1, 0.15) is 11.1 Å². The molecule has 0 aliphatic carbocycles. The highest BCUT2D eigenvalue weighted by atomic mass is 32.2. The molecular formula is C17H15F2N5OS. The number of tetrazole rings is 1. The average Bonchev–Trinajstić information content (AvgIpc) is 3.07. The van der Waals surface area contributed by atoms with Crippen molar-refractivity contribution >= 4 is 23.4 Å². The molecule has 0 radical (unpaired) electrons. The standard InChI is InChI=1S/C17H15F2N5OS/c1-10-3-5-13(7-11(10)2)24-17(21-22-23-24)26-9-16(25)20-15-8-12(18)4-6-14(15)19/h3-8H,9H2,1-2H3,(H,20,25). The van der Waals surface area contributed by atoms with E-state index in [4.69, 9.17) is 0 Å². The molecule has 1 aromatic heterocycles. The second kappa shape index (κ2) is 7.61. The van der Waals surface area contributed by atoms with E-state index >= 15 is 0 Å². The topological polar surface area (TPSA) is 72.7 Å². The number of hydrogen-bond donors (Lipinski definition) is 1. The Morgan fingerprint density at radius 1 is 1.15 bits per heavy atom. The summed E-state index contributed by atoms with van der Waals surface area (Å²) in [6.07, 6.45) is 0. The number of carbonyl (C=O) groups is 1. The third-order valence-electron chi connectivity index (χ3n) is 3.71. The van der Waals surface area contributed by atoms with Crippen LogP contribution in [-0.2, 0) is 4.79 Å². The van der Waals surface area contributed by atoms with Gasteiger partial charge in [0.1, 0.15) is 11.6 Å². The molecule has 0 aliphatic rings. The molecule has 0 bridgehead atoms. The maximum absolute atomic E-state index is 13.6. The van der Waals surface area contributed by atoms with E-state index in [0.717, 1.165) is 46.8 Å². The molecule has 0 saturated heterocycles. The van der Waals surface area contributed by atoms with Gasteiger partial charge in [-0.2, -0.15) is 4.68 Å². The van der Waals surface area contributed by atoms with Crippen molar-refractivity contribution in [3.63, 3.8) is 0 Å². The Hall–Kier alpha value is -2.81. The third-order valence-corrected chi connectivity index (χ3v) is 4.63. The minimum absolute atomic E-state index is 0.0544. The first-order valence-electron chi connectivity index (χ1n) is 7.68. The van der Waals surface area contributed by atoms with Gasteiger partial charge in [0.05, 0.1) is 17.1 Å². The fourth-order valence-electron chi connectivity index (χ4n) is 2.20. The van der Waals surface area contributed by atoms with Crippen LogP contribution in [0, 0.1) is 25.5 Å². The van der Waals surface area contributed by atoms with Crippen molar-refractivity contribution in [2.45, 2.75) is 19.0 Å². The van der Waals surface area contributed by atoms with Crippen molar-refractivity contribution in [2.75, 3.05) is 11.1 Å². The summed E-state index contributed by atoms with van der Waals surface area (Å²) in [7, 11) is 0. The van der Waals surface area contributed by atoms with Crippen LogP contribution in [0.15, 0.2) is 41.6 Å². The number of carbonyl (C=O) groups excluding carboxylic acids is 1. The van der Waals surface area contributed by atoms with Crippen LogP contribution in [0.4, 0.5) is 14.5 Å². The third kappa shape index (κ3) is 4.05. The lowest BCUT2D eigenvalue weighted by Gasteiger charge is -2.08. The fraction of sp³-hybridized carbons (Fsp3) is 0.176. The van der Waals surface area contributed by atoms with Gasteiger partial charge < -0.3 is 5.32 Å². The number of nitrogens with zero attached hydrogens (tertiary/aromatic N) is 4. The average molecular weight is 375 g/mol. The molecular weight excluding hydrogens is 360 g/mol. The number of rotatable bonds is 5. The lowest BCUT2D eigenvalue weighted by atomic mass is 10.1. The number of hydrogen-bond acceptors (Lipinski definition) is 5. The van der Waals surface area contributed by atoms with Gasteiger partial charge in [-0.3, -0.25) is 4.79 Å². The van der Waals surface area contributed by atoms with Gasteiger partial charge in [0.2, 0.25) is 11.1 Å². The number of amides is 1. The minimum atomic E-state index is -0.704. The first-order chi connectivity index (χ1) is 12.4. The Morgan fingerprint density at radius 2 is 1.96 bits per heavy atom. The van der Waals surface area contributed by atoms with Crippen molar-refractivity contribution in [1.29, 1.82) is 0 Å². The highest BCUT2D eigenvalue weighted by Crippen LogP contribution is 2.21. The number of aryl methyl sites for hydroxylation is 2. The van der Waals surface area contributed by atoms with E-state index in [1.807, 2.05) is 32.0 Å². The van der Waals surface area contributed by atoms with E-state index in [1.165, 1.54) is 4.68 Å².